The number of hydrogen-bond donors (Lipinski definition) is 1. The quantitative estimate of drug-likeness (QED) is 0.500. The number of pyridine rings is 1. The Bertz CT molecular complexity index is 1430. The normalized spacial score (nSPS) is 11.4. The molecule has 0 amide bonds. The summed E-state index contributed by atoms with van der Waals surface area (Å²) in [4.78, 5) is 20.0. The first-order chi connectivity index (χ1) is 14.0. The smallest absolute Gasteiger partial charge is 0.274 e. The van der Waals surface area contributed by atoms with Crippen molar-refractivity contribution >= 4 is 21.9 Å². The summed E-state index contributed by atoms with van der Waals surface area (Å²) in [5.74, 6) is 0.720. The molecule has 0 saturated carbocycles. The zero-order chi connectivity index (χ0) is 20.1. The lowest BCUT2D eigenvalue weighted by atomic mass is 10.0. The van der Waals surface area contributed by atoms with Gasteiger partial charge in [0.25, 0.3) is 5.56 Å². The summed E-state index contributed by atoms with van der Waals surface area (Å²) >= 11 is 0. The van der Waals surface area contributed by atoms with E-state index < -0.39 is 0 Å². The van der Waals surface area contributed by atoms with Gasteiger partial charge in [-0.3, -0.25) is 4.79 Å². The van der Waals surface area contributed by atoms with Crippen LogP contribution < -0.4 is 10.3 Å². The molecule has 29 heavy (non-hydrogen) atoms. The number of nitrogens with zero attached hydrogens (tertiary/aromatic N) is 3. The fourth-order valence-corrected chi connectivity index (χ4v) is 3.60. The van der Waals surface area contributed by atoms with Gasteiger partial charge in [-0.1, -0.05) is 0 Å². The first-order valence-corrected chi connectivity index (χ1v) is 9.07. The zero-order valence-corrected chi connectivity index (χ0v) is 15.8. The largest absolute Gasteiger partial charge is 0.454 e. The van der Waals surface area contributed by atoms with Crippen LogP contribution in [0.2, 0.25) is 0 Å². The van der Waals surface area contributed by atoms with Gasteiger partial charge in [0.2, 0.25) is 0 Å². The Morgan fingerprint density at radius 1 is 1.00 bits per heavy atom. The highest BCUT2D eigenvalue weighted by Gasteiger charge is 2.19. The number of ether oxygens (including phenoxy) is 1. The number of aromatic nitrogens is 4. The summed E-state index contributed by atoms with van der Waals surface area (Å²) in [5, 5.41) is 0.798. The summed E-state index contributed by atoms with van der Waals surface area (Å²) in [6.45, 7) is 0. The molecule has 0 aliphatic rings. The fraction of sp³-hybridized carbons (Fsp3) is 0.0909. The highest BCUT2D eigenvalue weighted by atomic mass is 19.1. The zero-order valence-electron chi connectivity index (χ0n) is 15.8. The maximum atomic E-state index is 13.3. The number of aryl methyl sites for hydroxylation is 2. The van der Waals surface area contributed by atoms with Crippen LogP contribution in [0.5, 0.6) is 11.5 Å². The average molecular weight is 388 g/mol. The number of fused-ring (bicyclic) bond motifs is 2. The number of nitrogens with one attached hydrogen (secondary N) is 1. The highest BCUT2D eigenvalue weighted by Crippen LogP contribution is 2.40. The van der Waals surface area contributed by atoms with E-state index in [4.69, 9.17) is 4.74 Å². The van der Waals surface area contributed by atoms with Crippen LogP contribution in [0.1, 0.15) is 0 Å². The van der Waals surface area contributed by atoms with Crippen LogP contribution in [0, 0.1) is 5.82 Å². The van der Waals surface area contributed by atoms with Gasteiger partial charge in [0.1, 0.15) is 22.6 Å². The highest BCUT2D eigenvalue weighted by molar-refractivity contribution is 6.00. The van der Waals surface area contributed by atoms with Crippen LogP contribution in [0.15, 0.2) is 66.0 Å². The molecule has 144 valence electrons. The van der Waals surface area contributed by atoms with E-state index in [-0.39, 0.29) is 11.4 Å². The molecule has 1 N–H and O–H groups in total. The molecule has 0 aliphatic heterocycles. The standard InChI is InChI=1S/C22H17FN4O2/c1-26-11-17(15-9-10-24-19(15)22(26)28)16-7-8-18-20(25-12-27(18)2)21(16)29-14-5-3-13(23)4-6-14/h3-12,24H,1-2H3. The van der Waals surface area contributed by atoms with Crippen molar-refractivity contribution in [2.24, 2.45) is 14.1 Å². The number of rotatable bonds is 3. The molecule has 0 radical (unpaired) electrons. The van der Waals surface area contributed by atoms with Crippen molar-refractivity contribution in [2.75, 3.05) is 0 Å². The monoisotopic (exact) mass is 388 g/mol. The third-order valence-corrected chi connectivity index (χ3v) is 5.07. The summed E-state index contributed by atoms with van der Waals surface area (Å²) in [5.41, 5.74) is 3.65. The van der Waals surface area contributed by atoms with E-state index in [2.05, 4.69) is 9.97 Å². The van der Waals surface area contributed by atoms with Gasteiger partial charge in [-0.2, -0.15) is 0 Å². The predicted octanol–water partition coefficient (Wildman–Crippen LogP) is 4.35. The van der Waals surface area contributed by atoms with Gasteiger partial charge < -0.3 is 18.9 Å². The maximum Gasteiger partial charge on any atom is 0.274 e. The molecule has 0 spiro atoms. The summed E-state index contributed by atoms with van der Waals surface area (Å²) in [6.07, 6.45) is 5.26. The van der Waals surface area contributed by atoms with E-state index in [1.54, 1.807) is 42.5 Å². The van der Waals surface area contributed by atoms with Gasteiger partial charge in [-0.15, -0.1) is 0 Å². The first kappa shape index (κ1) is 17.2. The van der Waals surface area contributed by atoms with Crippen LogP contribution in [-0.2, 0) is 14.1 Å². The van der Waals surface area contributed by atoms with Crippen molar-refractivity contribution in [3.63, 3.8) is 0 Å². The number of hydrogen-bond acceptors (Lipinski definition) is 3. The van der Waals surface area contributed by atoms with Crippen LogP contribution >= 0.6 is 0 Å². The van der Waals surface area contributed by atoms with Crippen molar-refractivity contribution in [3.8, 4) is 22.6 Å². The fourth-order valence-electron chi connectivity index (χ4n) is 3.60. The van der Waals surface area contributed by atoms with Gasteiger partial charge in [0.05, 0.1) is 11.8 Å². The predicted molar refractivity (Wildman–Crippen MR) is 110 cm³/mol. The molecule has 5 rings (SSSR count). The second kappa shape index (κ2) is 6.34. The van der Waals surface area contributed by atoms with Crippen molar-refractivity contribution in [3.05, 3.63) is 77.4 Å². The van der Waals surface area contributed by atoms with Gasteiger partial charge in [0.15, 0.2) is 5.75 Å². The molecule has 0 fully saturated rings. The molecule has 2 aromatic carbocycles. The lowest BCUT2D eigenvalue weighted by Gasteiger charge is -2.14. The summed E-state index contributed by atoms with van der Waals surface area (Å²) in [7, 11) is 3.62. The second-order valence-electron chi connectivity index (χ2n) is 6.95. The molecule has 0 unspecified atom stereocenters. The number of benzene rings is 2. The van der Waals surface area contributed by atoms with Crippen molar-refractivity contribution < 1.29 is 9.13 Å². The Kier molecular flexibility index (Phi) is 3.77. The van der Waals surface area contributed by atoms with Gasteiger partial charge >= 0.3 is 0 Å². The van der Waals surface area contributed by atoms with Gasteiger partial charge in [0, 0.05) is 43.0 Å². The third kappa shape index (κ3) is 2.70. The number of aromatic amines is 1. The molecule has 3 heterocycles. The summed E-state index contributed by atoms with van der Waals surface area (Å²) < 4.78 is 23.0. The molecule has 0 aliphatic carbocycles. The van der Waals surface area contributed by atoms with Crippen molar-refractivity contribution in [1.29, 1.82) is 0 Å². The van der Waals surface area contributed by atoms with Crippen molar-refractivity contribution in [2.45, 2.75) is 0 Å². The molecule has 5 aromatic rings. The van der Waals surface area contributed by atoms with Crippen LogP contribution in [-0.4, -0.2) is 19.1 Å². The molecule has 0 atom stereocenters. The topological polar surface area (TPSA) is 64.8 Å². The molecular formula is C22H17FN4O2. The Morgan fingerprint density at radius 2 is 1.79 bits per heavy atom. The lowest BCUT2D eigenvalue weighted by molar-refractivity contribution is 0.487. The number of H-pyrrole nitrogens is 1. The Balaban J connectivity index is 1.81. The van der Waals surface area contributed by atoms with Gasteiger partial charge in [-0.25, -0.2) is 9.37 Å². The van der Waals surface area contributed by atoms with Gasteiger partial charge in [-0.05, 0) is 42.5 Å². The van der Waals surface area contributed by atoms with Crippen LogP contribution in [0.3, 0.4) is 0 Å². The SMILES string of the molecule is Cn1cc(-c2ccc3c(ncn3C)c2Oc2ccc(F)cc2)c2cc[nH]c2c1=O. The van der Waals surface area contributed by atoms with Crippen LogP contribution in [0.25, 0.3) is 33.1 Å². The van der Waals surface area contributed by atoms with E-state index >= 15 is 0 Å². The minimum absolute atomic E-state index is 0.103. The minimum Gasteiger partial charge on any atom is -0.454 e. The van der Waals surface area contributed by atoms with E-state index in [0.717, 1.165) is 22.0 Å². The van der Waals surface area contributed by atoms with Crippen molar-refractivity contribution in [1.82, 2.24) is 19.1 Å². The lowest BCUT2D eigenvalue weighted by Crippen LogP contribution is -2.16. The number of imidazole rings is 1. The summed E-state index contributed by atoms with van der Waals surface area (Å²) in [6, 6.07) is 11.7. The molecule has 7 heteroatoms. The Hall–Kier alpha value is -3.87. The molecule has 0 bridgehead atoms. The second-order valence-corrected chi connectivity index (χ2v) is 6.95. The Morgan fingerprint density at radius 3 is 2.59 bits per heavy atom. The molecule has 6 nitrogen and oxygen atoms in total. The van der Waals surface area contributed by atoms with Crippen LogP contribution in [0.4, 0.5) is 4.39 Å². The third-order valence-electron chi connectivity index (χ3n) is 5.07. The molecule has 3 aromatic heterocycles. The molecule has 0 saturated heterocycles. The van der Waals surface area contributed by atoms with E-state index in [0.29, 0.717) is 22.5 Å². The average Bonchev–Trinajstić information content (AvgIpc) is 3.35. The molecular weight excluding hydrogens is 371 g/mol. The first-order valence-electron chi connectivity index (χ1n) is 9.07. The Labute approximate surface area is 164 Å². The number of halogens is 1. The van der Waals surface area contributed by atoms with E-state index in [9.17, 15) is 9.18 Å². The minimum atomic E-state index is -0.333. The van der Waals surface area contributed by atoms with E-state index in [1.807, 2.05) is 29.8 Å². The maximum absolute atomic E-state index is 13.3. The van der Waals surface area contributed by atoms with E-state index in [1.165, 1.54) is 12.1 Å².